The van der Waals surface area contributed by atoms with Gasteiger partial charge in [0.2, 0.25) is 10.0 Å². The molecule has 1 aliphatic carbocycles. The fraction of sp³-hybridized carbons (Fsp3) is 0.500. The molecule has 1 aromatic rings. The van der Waals surface area contributed by atoms with E-state index in [9.17, 15) is 18.5 Å². The Labute approximate surface area is 117 Å². The molecule has 110 valence electrons. The number of hydrogen-bond donors (Lipinski definition) is 1. The highest BCUT2D eigenvalue weighted by Gasteiger charge is 2.40. The number of nitro groups is 1. The Morgan fingerprint density at radius 1 is 1.45 bits per heavy atom. The van der Waals surface area contributed by atoms with E-state index >= 15 is 0 Å². The van der Waals surface area contributed by atoms with E-state index in [4.69, 9.17) is 5.73 Å². The molecule has 2 rings (SSSR count). The minimum Gasteiger partial charge on any atom is -0.329 e. The average molecular weight is 299 g/mol. The normalized spacial score (nSPS) is 17.1. The Morgan fingerprint density at radius 3 is 2.55 bits per heavy atom. The van der Waals surface area contributed by atoms with Gasteiger partial charge in [-0.2, -0.15) is 4.31 Å². The molecule has 7 nitrogen and oxygen atoms in total. The molecular formula is C12H17N3O4S. The SMILES string of the molecule is CN(C(CN)C1CC1)S(=O)(=O)c1ccccc1[N+](=O)[O-]. The minimum absolute atomic E-state index is 0.209. The van der Waals surface area contributed by atoms with Crippen LogP contribution in [0.2, 0.25) is 0 Å². The van der Waals surface area contributed by atoms with Crippen LogP contribution in [0.5, 0.6) is 0 Å². The maximum atomic E-state index is 12.6. The molecule has 2 N–H and O–H groups in total. The van der Waals surface area contributed by atoms with Crippen LogP contribution >= 0.6 is 0 Å². The topological polar surface area (TPSA) is 107 Å². The molecule has 1 saturated carbocycles. The molecule has 0 heterocycles. The van der Waals surface area contributed by atoms with E-state index in [-0.39, 0.29) is 23.4 Å². The van der Waals surface area contributed by atoms with Crippen molar-refractivity contribution in [3.63, 3.8) is 0 Å². The van der Waals surface area contributed by atoms with Crippen LogP contribution in [0.25, 0.3) is 0 Å². The number of likely N-dealkylation sites (N-methyl/N-ethyl adjacent to an activating group) is 1. The molecule has 0 spiro atoms. The van der Waals surface area contributed by atoms with Gasteiger partial charge in [0.1, 0.15) is 0 Å². The highest BCUT2D eigenvalue weighted by Crippen LogP contribution is 2.37. The van der Waals surface area contributed by atoms with E-state index in [1.54, 1.807) is 0 Å². The molecule has 0 aromatic heterocycles. The zero-order valence-corrected chi connectivity index (χ0v) is 11.9. The predicted molar refractivity (Wildman–Crippen MR) is 73.6 cm³/mol. The van der Waals surface area contributed by atoms with Gasteiger partial charge >= 0.3 is 0 Å². The number of rotatable bonds is 6. The zero-order valence-electron chi connectivity index (χ0n) is 11.1. The molecule has 1 unspecified atom stereocenters. The third-order valence-electron chi connectivity index (χ3n) is 3.59. The van der Waals surface area contributed by atoms with Gasteiger partial charge in [-0.3, -0.25) is 10.1 Å². The van der Waals surface area contributed by atoms with Gasteiger partial charge in [-0.05, 0) is 24.8 Å². The van der Waals surface area contributed by atoms with E-state index in [0.717, 1.165) is 12.8 Å². The first kappa shape index (κ1) is 14.9. The van der Waals surface area contributed by atoms with Crippen LogP contribution < -0.4 is 5.73 Å². The Bertz CT molecular complexity index is 613. The average Bonchev–Trinajstić information content (AvgIpc) is 3.24. The fourth-order valence-electron chi connectivity index (χ4n) is 2.28. The van der Waals surface area contributed by atoms with Crippen LogP contribution in [0.4, 0.5) is 5.69 Å². The predicted octanol–water partition coefficient (Wildman–Crippen LogP) is 0.953. The third kappa shape index (κ3) is 2.67. The van der Waals surface area contributed by atoms with Crippen molar-refractivity contribution in [1.82, 2.24) is 4.31 Å². The van der Waals surface area contributed by atoms with Gasteiger partial charge in [0, 0.05) is 25.7 Å². The summed E-state index contributed by atoms with van der Waals surface area (Å²) in [5.41, 5.74) is 5.24. The second-order valence-corrected chi connectivity index (χ2v) is 6.85. The second kappa shape index (κ2) is 5.47. The van der Waals surface area contributed by atoms with E-state index in [0.29, 0.717) is 0 Å². The lowest BCUT2D eigenvalue weighted by molar-refractivity contribution is -0.387. The lowest BCUT2D eigenvalue weighted by atomic mass is 10.2. The molecule has 0 bridgehead atoms. The molecule has 1 aliphatic rings. The summed E-state index contributed by atoms with van der Waals surface area (Å²) in [6.45, 7) is 0.209. The Hall–Kier alpha value is -1.51. The largest absolute Gasteiger partial charge is 0.329 e. The number of nitrogens with zero attached hydrogens (tertiary/aromatic N) is 2. The molecular weight excluding hydrogens is 282 g/mol. The third-order valence-corrected chi connectivity index (χ3v) is 5.52. The summed E-state index contributed by atoms with van der Waals surface area (Å²) in [7, 11) is -2.49. The van der Waals surface area contributed by atoms with Crippen molar-refractivity contribution in [1.29, 1.82) is 0 Å². The summed E-state index contributed by atoms with van der Waals surface area (Å²) >= 11 is 0. The summed E-state index contributed by atoms with van der Waals surface area (Å²) in [6.07, 6.45) is 1.89. The van der Waals surface area contributed by atoms with E-state index in [1.165, 1.54) is 35.6 Å². The van der Waals surface area contributed by atoms with Crippen LogP contribution in [0, 0.1) is 16.0 Å². The Kier molecular flexibility index (Phi) is 4.07. The molecule has 0 amide bonds. The van der Waals surface area contributed by atoms with Crippen LogP contribution in [-0.2, 0) is 10.0 Å². The number of nitrogens with two attached hydrogens (primary N) is 1. The van der Waals surface area contributed by atoms with Crippen molar-refractivity contribution in [3.8, 4) is 0 Å². The standard InChI is InChI=1S/C12H17N3O4S/c1-14(11(8-13)9-6-7-9)20(18,19)12-5-3-2-4-10(12)15(16)17/h2-5,9,11H,6-8,13H2,1H3. The van der Waals surface area contributed by atoms with Crippen molar-refractivity contribution >= 4 is 15.7 Å². The first-order chi connectivity index (χ1) is 9.39. The fourth-order valence-corrected chi connectivity index (χ4v) is 3.86. The summed E-state index contributed by atoms with van der Waals surface area (Å²) < 4.78 is 26.3. The Balaban J connectivity index is 2.42. The van der Waals surface area contributed by atoms with Crippen LogP contribution in [0.1, 0.15) is 12.8 Å². The van der Waals surface area contributed by atoms with Crippen LogP contribution in [-0.4, -0.2) is 37.3 Å². The summed E-state index contributed by atoms with van der Waals surface area (Å²) in [4.78, 5) is 10.0. The van der Waals surface area contributed by atoms with E-state index in [2.05, 4.69) is 0 Å². The van der Waals surface area contributed by atoms with Crippen molar-refractivity contribution in [2.75, 3.05) is 13.6 Å². The number of para-hydroxylation sites is 1. The Morgan fingerprint density at radius 2 is 2.05 bits per heavy atom. The van der Waals surface area contributed by atoms with Crippen LogP contribution in [0.15, 0.2) is 29.2 Å². The van der Waals surface area contributed by atoms with Gasteiger partial charge in [-0.1, -0.05) is 12.1 Å². The maximum absolute atomic E-state index is 12.6. The highest BCUT2D eigenvalue weighted by molar-refractivity contribution is 7.89. The van der Waals surface area contributed by atoms with E-state index < -0.39 is 20.6 Å². The zero-order chi connectivity index (χ0) is 14.9. The summed E-state index contributed by atoms with van der Waals surface area (Å²) in [5, 5.41) is 11.0. The highest BCUT2D eigenvalue weighted by atomic mass is 32.2. The van der Waals surface area contributed by atoms with Gasteiger partial charge in [-0.25, -0.2) is 8.42 Å². The first-order valence-electron chi connectivity index (χ1n) is 6.31. The summed E-state index contributed by atoms with van der Waals surface area (Å²) in [5.74, 6) is 0.252. The number of nitro benzene ring substituents is 1. The molecule has 1 fully saturated rings. The smallest absolute Gasteiger partial charge is 0.289 e. The quantitative estimate of drug-likeness (QED) is 0.621. The maximum Gasteiger partial charge on any atom is 0.289 e. The first-order valence-corrected chi connectivity index (χ1v) is 7.75. The van der Waals surface area contributed by atoms with Gasteiger partial charge in [0.05, 0.1) is 4.92 Å². The van der Waals surface area contributed by atoms with Gasteiger partial charge < -0.3 is 5.73 Å². The summed E-state index contributed by atoms with van der Waals surface area (Å²) in [6, 6.07) is 5.06. The van der Waals surface area contributed by atoms with Crippen LogP contribution in [0.3, 0.4) is 0 Å². The number of sulfonamides is 1. The monoisotopic (exact) mass is 299 g/mol. The number of benzene rings is 1. The van der Waals surface area contributed by atoms with E-state index in [1.807, 2.05) is 0 Å². The molecule has 20 heavy (non-hydrogen) atoms. The number of hydrogen-bond acceptors (Lipinski definition) is 5. The molecule has 0 radical (unpaired) electrons. The van der Waals surface area contributed by atoms with Gasteiger partial charge in [0.25, 0.3) is 5.69 Å². The second-order valence-electron chi connectivity index (χ2n) is 4.89. The minimum atomic E-state index is -3.92. The van der Waals surface area contributed by atoms with Crippen molar-refractivity contribution in [3.05, 3.63) is 34.4 Å². The molecule has 1 atom stereocenters. The van der Waals surface area contributed by atoms with Gasteiger partial charge in [-0.15, -0.1) is 0 Å². The molecule has 0 saturated heterocycles. The van der Waals surface area contributed by atoms with Crippen molar-refractivity contribution in [2.24, 2.45) is 11.7 Å². The van der Waals surface area contributed by atoms with Crippen molar-refractivity contribution in [2.45, 2.75) is 23.8 Å². The van der Waals surface area contributed by atoms with Crippen molar-refractivity contribution < 1.29 is 13.3 Å². The van der Waals surface area contributed by atoms with Gasteiger partial charge in [0.15, 0.2) is 4.90 Å². The molecule has 8 heteroatoms. The molecule has 0 aliphatic heterocycles. The lowest BCUT2D eigenvalue weighted by Crippen LogP contribution is -2.43. The lowest BCUT2D eigenvalue weighted by Gasteiger charge is -2.26. The molecule has 1 aromatic carbocycles.